The number of nitrogens with one attached hydrogen (secondary N) is 1. The number of phenolic OH excluding ortho intramolecular Hbond substituents is 1. The van der Waals surface area contributed by atoms with Gasteiger partial charge in [-0.3, -0.25) is 14.8 Å². The van der Waals surface area contributed by atoms with E-state index >= 15 is 0 Å². The number of hydrogen-bond donors (Lipinski definition) is 2. The van der Waals surface area contributed by atoms with E-state index in [0.717, 1.165) is 5.39 Å². The van der Waals surface area contributed by atoms with E-state index in [4.69, 9.17) is 16.3 Å². The summed E-state index contributed by atoms with van der Waals surface area (Å²) in [4.78, 5) is 21.8. The van der Waals surface area contributed by atoms with Crippen molar-refractivity contribution in [2.24, 2.45) is 0 Å². The molecular formula is C27H20ClN3O3. The number of amides is 1. The van der Waals surface area contributed by atoms with Crippen LogP contribution < -0.4 is 10.1 Å². The van der Waals surface area contributed by atoms with E-state index < -0.39 is 6.04 Å². The molecule has 0 saturated carbocycles. The number of nitrogens with zero attached hydrogens (tertiary/aromatic N) is 2. The molecule has 0 saturated heterocycles. The summed E-state index contributed by atoms with van der Waals surface area (Å²) in [6.07, 6.45) is 3.28. The fraction of sp³-hybridized carbons (Fsp3) is 0.0741. The van der Waals surface area contributed by atoms with Gasteiger partial charge in [-0.2, -0.15) is 0 Å². The smallest absolute Gasteiger partial charge is 0.258 e. The van der Waals surface area contributed by atoms with Crippen LogP contribution in [0.5, 0.6) is 11.5 Å². The number of ether oxygens (including phenoxy) is 1. The molecule has 5 aromatic rings. The van der Waals surface area contributed by atoms with Crippen molar-refractivity contribution in [3.63, 3.8) is 0 Å². The normalized spacial score (nSPS) is 11.9. The predicted molar refractivity (Wildman–Crippen MR) is 132 cm³/mol. The van der Waals surface area contributed by atoms with Crippen molar-refractivity contribution < 1.29 is 14.6 Å². The van der Waals surface area contributed by atoms with Crippen LogP contribution in [0.2, 0.25) is 5.02 Å². The van der Waals surface area contributed by atoms with Crippen LogP contribution in [0.15, 0.2) is 91.3 Å². The second kappa shape index (κ2) is 9.37. The largest absolute Gasteiger partial charge is 0.505 e. The molecule has 7 heteroatoms. The number of benzene rings is 3. The minimum atomic E-state index is -0.741. The van der Waals surface area contributed by atoms with Crippen molar-refractivity contribution in [1.82, 2.24) is 15.3 Å². The maximum atomic E-state index is 13.0. The number of halogens is 1. The highest BCUT2D eigenvalue weighted by Gasteiger charge is 2.25. The molecule has 0 aliphatic carbocycles. The van der Waals surface area contributed by atoms with Crippen LogP contribution in [0, 0.1) is 0 Å². The second-order valence-corrected chi connectivity index (χ2v) is 8.13. The van der Waals surface area contributed by atoms with Gasteiger partial charge in [-0.05, 0) is 36.4 Å². The monoisotopic (exact) mass is 469 g/mol. The predicted octanol–water partition coefficient (Wildman–Crippen LogP) is 5.43. The molecule has 2 N–H and O–H groups in total. The first-order valence-electron chi connectivity index (χ1n) is 10.7. The van der Waals surface area contributed by atoms with Gasteiger partial charge in [0.2, 0.25) is 0 Å². The van der Waals surface area contributed by atoms with Gasteiger partial charge in [-0.25, -0.2) is 0 Å². The van der Waals surface area contributed by atoms with E-state index in [1.54, 1.807) is 42.7 Å². The van der Waals surface area contributed by atoms with E-state index in [2.05, 4.69) is 15.3 Å². The molecule has 0 bridgehead atoms. The molecule has 0 spiro atoms. The van der Waals surface area contributed by atoms with Crippen LogP contribution in [0.25, 0.3) is 21.8 Å². The number of para-hydroxylation sites is 2. The quantitative estimate of drug-likeness (QED) is 0.346. The summed E-state index contributed by atoms with van der Waals surface area (Å²) in [5.41, 5.74) is 2.20. The first-order valence-corrected chi connectivity index (χ1v) is 11.1. The van der Waals surface area contributed by atoms with Gasteiger partial charge in [0.25, 0.3) is 5.91 Å². The number of hydrogen-bond acceptors (Lipinski definition) is 5. The van der Waals surface area contributed by atoms with Crippen LogP contribution in [-0.4, -0.2) is 27.6 Å². The molecular weight excluding hydrogens is 450 g/mol. The number of pyridine rings is 2. The van der Waals surface area contributed by atoms with Crippen LogP contribution in [0.4, 0.5) is 0 Å². The maximum absolute atomic E-state index is 13.0. The lowest BCUT2D eigenvalue weighted by atomic mass is 9.94. The van der Waals surface area contributed by atoms with Gasteiger partial charge in [-0.15, -0.1) is 0 Å². The molecule has 0 aliphatic rings. The number of carbonyl (C=O) groups excluding carboxylic acids is 1. The zero-order valence-electron chi connectivity index (χ0n) is 18.0. The summed E-state index contributed by atoms with van der Waals surface area (Å²) >= 11 is 6.56. The summed E-state index contributed by atoms with van der Waals surface area (Å²) < 4.78 is 5.62. The van der Waals surface area contributed by atoms with Crippen molar-refractivity contribution in [2.75, 3.05) is 6.61 Å². The Morgan fingerprint density at radius 2 is 1.65 bits per heavy atom. The summed E-state index contributed by atoms with van der Waals surface area (Å²) in [7, 11) is 0. The van der Waals surface area contributed by atoms with Crippen LogP contribution in [0.1, 0.15) is 17.2 Å². The molecule has 1 atom stereocenters. The van der Waals surface area contributed by atoms with Crippen LogP contribution >= 0.6 is 11.6 Å². The zero-order valence-corrected chi connectivity index (χ0v) is 18.7. The van der Waals surface area contributed by atoms with Crippen molar-refractivity contribution in [3.05, 3.63) is 107 Å². The Balaban J connectivity index is 1.59. The van der Waals surface area contributed by atoms with Gasteiger partial charge in [0.1, 0.15) is 17.0 Å². The average Bonchev–Trinajstić information content (AvgIpc) is 2.89. The third-order valence-electron chi connectivity index (χ3n) is 5.55. The molecule has 5 rings (SSSR count). The highest BCUT2D eigenvalue weighted by atomic mass is 35.5. The zero-order chi connectivity index (χ0) is 23.5. The molecule has 0 aliphatic heterocycles. The Hall–Kier alpha value is -4.16. The Labute approximate surface area is 200 Å². The van der Waals surface area contributed by atoms with Gasteiger partial charge >= 0.3 is 0 Å². The van der Waals surface area contributed by atoms with Gasteiger partial charge in [0.05, 0.1) is 16.6 Å². The van der Waals surface area contributed by atoms with Gasteiger partial charge in [0, 0.05) is 34.3 Å². The standard InChI is InChI=1S/C27H20ClN3O3/c28-22-15-21(27(33)26-19(22)12-6-14-30-26)25(20-11-4-7-17-8-5-13-29-24(17)20)31-23(32)16-34-18-9-2-1-3-10-18/h1-15,25,33H,16H2,(H,31,32). The number of fused-ring (bicyclic) bond motifs is 2. The average molecular weight is 470 g/mol. The minimum Gasteiger partial charge on any atom is -0.505 e. The van der Waals surface area contributed by atoms with Crippen molar-refractivity contribution in [2.45, 2.75) is 6.04 Å². The maximum Gasteiger partial charge on any atom is 0.258 e. The third kappa shape index (κ3) is 4.23. The van der Waals surface area contributed by atoms with Gasteiger partial charge in [0.15, 0.2) is 6.61 Å². The molecule has 2 heterocycles. The first-order chi connectivity index (χ1) is 16.6. The molecule has 1 unspecified atom stereocenters. The first kappa shape index (κ1) is 21.7. The number of aromatic hydroxyl groups is 1. The molecule has 0 fully saturated rings. The number of carbonyl (C=O) groups is 1. The highest BCUT2D eigenvalue weighted by molar-refractivity contribution is 6.35. The number of phenols is 1. The van der Waals surface area contributed by atoms with E-state index in [-0.39, 0.29) is 18.3 Å². The molecule has 3 aromatic carbocycles. The summed E-state index contributed by atoms with van der Waals surface area (Å²) in [6.45, 7) is -0.195. The minimum absolute atomic E-state index is 0.0535. The van der Waals surface area contributed by atoms with Gasteiger partial charge in [-0.1, -0.05) is 54.1 Å². The van der Waals surface area contributed by atoms with E-state index in [1.807, 2.05) is 48.5 Å². The molecule has 34 heavy (non-hydrogen) atoms. The number of rotatable bonds is 6. The lowest BCUT2D eigenvalue weighted by molar-refractivity contribution is -0.123. The lowest BCUT2D eigenvalue weighted by Crippen LogP contribution is -2.33. The summed E-state index contributed by atoms with van der Waals surface area (Å²) in [6, 6.07) is 23.0. The van der Waals surface area contributed by atoms with Gasteiger partial charge < -0.3 is 15.2 Å². The van der Waals surface area contributed by atoms with E-state index in [1.165, 1.54) is 0 Å². The molecule has 1 amide bonds. The second-order valence-electron chi connectivity index (χ2n) is 7.72. The van der Waals surface area contributed by atoms with E-state index in [0.29, 0.717) is 38.3 Å². The topological polar surface area (TPSA) is 84.3 Å². The van der Waals surface area contributed by atoms with Crippen LogP contribution in [-0.2, 0) is 4.79 Å². The fourth-order valence-electron chi connectivity index (χ4n) is 3.98. The van der Waals surface area contributed by atoms with Crippen molar-refractivity contribution >= 4 is 39.3 Å². The molecule has 6 nitrogen and oxygen atoms in total. The Morgan fingerprint density at radius 3 is 2.47 bits per heavy atom. The summed E-state index contributed by atoms with van der Waals surface area (Å²) in [5, 5.41) is 16.1. The highest BCUT2D eigenvalue weighted by Crippen LogP contribution is 2.39. The molecule has 168 valence electrons. The number of aromatic nitrogens is 2. The van der Waals surface area contributed by atoms with Crippen molar-refractivity contribution in [1.29, 1.82) is 0 Å². The Kier molecular flexibility index (Phi) is 5.97. The molecule has 2 aromatic heterocycles. The Bertz CT molecular complexity index is 1490. The summed E-state index contributed by atoms with van der Waals surface area (Å²) in [5.74, 6) is 0.169. The van der Waals surface area contributed by atoms with E-state index in [9.17, 15) is 9.90 Å². The Morgan fingerprint density at radius 1 is 0.912 bits per heavy atom. The van der Waals surface area contributed by atoms with Crippen molar-refractivity contribution in [3.8, 4) is 11.5 Å². The lowest BCUT2D eigenvalue weighted by Gasteiger charge is -2.23. The van der Waals surface area contributed by atoms with Crippen LogP contribution in [0.3, 0.4) is 0 Å². The third-order valence-corrected chi connectivity index (χ3v) is 5.86. The fourth-order valence-corrected chi connectivity index (χ4v) is 4.25. The SMILES string of the molecule is O=C(COc1ccccc1)NC(c1cc(Cl)c2cccnc2c1O)c1cccc2cccnc12. The molecule has 0 radical (unpaired) electrons.